The van der Waals surface area contributed by atoms with Gasteiger partial charge in [0.2, 0.25) is 0 Å². The molecule has 58 valence electrons. The minimum atomic E-state index is 0.962. The molecule has 1 aromatic carbocycles. The molecule has 1 aromatic rings. The van der Waals surface area contributed by atoms with Gasteiger partial charge in [0.1, 0.15) is 0 Å². The summed E-state index contributed by atoms with van der Waals surface area (Å²) < 4.78 is 0. The third kappa shape index (κ3) is 0.935. The van der Waals surface area contributed by atoms with Gasteiger partial charge >= 0.3 is 0 Å². The zero-order chi connectivity index (χ0) is 7.68. The van der Waals surface area contributed by atoms with E-state index in [4.69, 9.17) is 0 Å². The molecular weight excluding hydrogens is 138 g/mol. The Morgan fingerprint density at radius 3 is 3.00 bits per heavy atom. The summed E-state index contributed by atoms with van der Waals surface area (Å²) in [5.41, 5.74) is 8.50. The van der Waals surface area contributed by atoms with Crippen molar-refractivity contribution < 1.29 is 0 Å². The molecule has 11 heavy (non-hydrogen) atoms. The van der Waals surface area contributed by atoms with Gasteiger partial charge in [0.05, 0.1) is 11.4 Å². The van der Waals surface area contributed by atoms with Crippen LogP contribution in [0.15, 0.2) is 24.3 Å². The van der Waals surface area contributed by atoms with Crippen LogP contribution in [0.4, 0.5) is 11.4 Å². The lowest BCUT2D eigenvalue weighted by Gasteiger charge is -2.13. The molecule has 1 heterocycles. The van der Waals surface area contributed by atoms with Crippen LogP contribution in [-0.2, 0) is 0 Å². The molecule has 0 aliphatic carbocycles. The van der Waals surface area contributed by atoms with Crippen LogP contribution in [0.2, 0.25) is 0 Å². The van der Waals surface area contributed by atoms with Crippen molar-refractivity contribution in [3.05, 3.63) is 24.3 Å². The summed E-state index contributed by atoms with van der Waals surface area (Å²) in [7, 11) is 0. The van der Waals surface area contributed by atoms with Crippen LogP contribution >= 0.6 is 0 Å². The van der Waals surface area contributed by atoms with Gasteiger partial charge in [-0.05, 0) is 19.1 Å². The molecule has 0 bridgehead atoms. The molecule has 0 unspecified atom stereocenters. The van der Waals surface area contributed by atoms with Gasteiger partial charge in [0.25, 0.3) is 0 Å². The molecule has 0 amide bonds. The second-order valence-electron chi connectivity index (χ2n) is 2.50. The van der Waals surface area contributed by atoms with Crippen molar-refractivity contribution in [1.29, 1.82) is 0 Å². The van der Waals surface area contributed by atoms with Gasteiger partial charge in [-0.3, -0.25) is 5.01 Å². The monoisotopic (exact) mass is 149 g/mol. The zero-order valence-corrected chi connectivity index (χ0v) is 6.46. The van der Waals surface area contributed by atoms with E-state index in [9.17, 15) is 0 Å². The van der Waals surface area contributed by atoms with E-state index in [2.05, 4.69) is 35.0 Å². The largest absolute Gasteiger partial charge is 0.302 e. The highest BCUT2D eigenvalue weighted by molar-refractivity contribution is 5.72. The highest BCUT2D eigenvalue weighted by Gasteiger charge is 2.14. The van der Waals surface area contributed by atoms with E-state index in [0.717, 1.165) is 12.2 Å². The van der Waals surface area contributed by atoms with Crippen LogP contribution in [0.3, 0.4) is 0 Å². The molecular formula is C8H11N3. The number of para-hydroxylation sites is 2. The van der Waals surface area contributed by atoms with Gasteiger partial charge in [0, 0.05) is 6.54 Å². The van der Waals surface area contributed by atoms with Crippen LogP contribution in [0, 0.1) is 0 Å². The minimum Gasteiger partial charge on any atom is -0.302 e. The van der Waals surface area contributed by atoms with Crippen molar-refractivity contribution in [2.75, 3.05) is 17.0 Å². The predicted octanol–water partition coefficient (Wildman–Crippen LogP) is 1.36. The average molecular weight is 149 g/mol. The molecule has 0 spiro atoms. The number of fused-ring (bicyclic) bond motifs is 1. The molecule has 3 nitrogen and oxygen atoms in total. The first-order valence-corrected chi connectivity index (χ1v) is 3.80. The van der Waals surface area contributed by atoms with Gasteiger partial charge in [-0.15, -0.1) is 5.53 Å². The molecule has 2 N–H and O–H groups in total. The number of benzene rings is 1. The van der Waals surface area contributed by atoms with Crippen LogP contribution in [-0.4, -0.2) is 6.54 Å². The fourth-order valence-corrected chi connectivity index (χ4v) is 1.25. The Labute approximate surface area is 66.0 Å². The molecule has 1 aliphatic heterocycles. The molecule has 0 saturated carbocycles. The average Bonchev–Trinajstić information content (AvgIpc) is 2.47. The molecule has 2 rings (SSSR count). The van der Waals surface area contributed by atoms with Crippen molar-refractivity contribution in [3.63, 3.8) is 0 Å². The fraction of sp³-hybridized carbons (Fsp3) is 0.250. The summed E-state index contributed by atoms with van der Waals surface area (Å²) >= 11 is 0. The Morgan fingerprint density at radius 1 is 1.36 bits per heavy atom. The first kappa shape index (κ1) is 6.49. The third-order valence-electron chi connectivity index (χ3n) is 1.84. The van der Waals surface area contributed by atoms with Crippen molar-refractivity contribution in [3.8, 4) is 0 Å². The van der Waals surface area contributed by atoms with Crippen molar-refractivity contribution in [1.82, 2.24) is 5.53 Å². The van der Waals surface area contributed by atoms with Gasteiger partial charge in [-0.25, -0.2) is 0 Å². The van der Waals surface area contributed by atoms with Crippen molar-refractivity contribution in [2.24, 2.45) is 0 Å². The molecule has 0 radical (unpaired) electrons. The van der Waals surface area contributed by atoms with Crippen LogP contribution < -0.4 is 16.0 Å². The Bertz CT molecular complexity index is 259. The summed E-state index contributed by atoms with van der Waals surface area (Å²) in [5.74, 6) is 0. The maximum atomic E-state index is 3.08. The molecule has 0 fully saturated rings. The number of hydrogen-bond donors (Lipinski definition) is 2. The number of nitrogens with one attached hydrogen (secondary N) is 2. The number of hydrogen-bond acceptors (Lipinski definition) is 3. The smallest absolute Gasteiger partial charge is 0.0782 e. The number of nitrogens with zero attached hydrogens (tertiary/aromatic N) is 1. The standard InChI is InChI=1S/C8H11N3/c1-2-11-8-6-4-3-5-7(8)9-10-11/h3-6,9-10H,2H2,1H3. The van der Waals surface area contributed by atoms with E-state index in [0.29, 0.717) is 0 Å². The lowest BCUT2D eigenvalue weighted by molar-refractivity contribution is 0.752. The zero-order valence-electron chi connectivity index (χ0n) is 6.46. The second-order valence-corrected chi connectivity index (χ2v) is 2.50. The van der Waals surface area contributed by atoms with Gasteiger partial charge in [-0.2, -0.15) is 0 Å². The van der Waals surface area contributed by atoms with Crippen LogP contribution in [0.5, 0.6) is 0 Å². The highest BCUT2D eigenvalue weighted by atomic mass is 15.7. The summed E-state index contributed by atoms with van der Waals surface area (Å²) in [6.07, 6.45) is 0. The van der Waals surface area contributed by atoms with Crippen molar-refractivity contribution in [2.45, 2.75) is 6.92 Å². The lowest BCUT2D eigenvalue weighted by atomic mass is 10.3. The highest BCUT2D eigenvalue weighted by Crippen LogP contribution is 2.27. The van der Waals surface area contributed by atoms with Crippen LogP contribution in [0.1, 0.15) is 6.92 Å². The Kier molecular flexibility index (Phi) is 1.43. The van der Waals surface area contributed by atoms with E-state index in [1.165, 1.54) is 5.69 Å². The first-order chi connectivity index (χ1) is 5.42. The normalized spacial score (nSPS) is 14.5. The van der Waals surface area contributed by atoms with Gasteiger partial charge in [0.15, 0.2) is 0 Å². The van der Waals surface area contributed by atoms with E-state index in [-0.39, 0.29) is 0 Å². The molecule has 0 saturated heterocycles. The molecule has 1 aliphatic rings. The van der Waals surface area contributed by atoms with Gasteiger partial charge < -0.3 is 5.43 Å². The number of hydrazine groups is 2. The van der Waals surface area contributed by atoms with E-state index >= 15 is 0 Å². The Morgan fingerprint density at radius 2 is 2.18 bits per heavy atom. The van der Waals surface area contributed by atoms with E-state index in [1.807, 2.05) is 12.1 Å². The number of rotatable bonds is 1. The molecule has 3 heteroatoms. The second kappa shape index (κ2) is 2.43. The lowest BCUT2D eigenvalue weighted by Crippen LogP contribution is -2.35. The van der Waals surface area contributed by atoms with Crippen LogP contribution in [0.25, 0.3) is 0 Å². The van der Waals surface area contributed by atoms with Crippen molar-refractivity contribution >= 4 is 11.4 Å². The summed E-state index contributed by atoms with van der Waals surface area (Å²) in [6.45, 7) is 3.07. The van der Waals surface area contributed by atoms with E-state index < -0.39 is 0 Å². The van der Waals surface area contributed by atoms with E-state index in [1.54, 1.807) is 0 Å². The Hall–Kier alpha value is -1.22. The minimum absolute atomic E-state index is 0.962. The summed E-state index contributed by atoms with van der Waals surface area (Å²) in [6, 6.07) is 8.20. The Balaban J connectivity index is 2.39. The number of anilines is 2. The molecule has 0 aromatic heterocycles. The maximum absolute atomic E-state index is 3.08. The molecule has 0 atom stereocenters. The maximum Gasteiger partial charge on any atom is 0.0782 e. The SMILES string of the molecule is CCN1NNc2ccccc21. The topological polar surface area (TPSA) is 27.3 Å². The fourth-order valence-electron chi connectivity index (χ4n) is 1.25. The predicted molar refractivity (Wildman–Crippen MR) is 46.2 cm³/mol. The summed E-state index contributed by atoms with van der Waals surface area (Å²) in [4.78, 5) is 0. The summed E-state index contributed by atoms with van der Waals surface area (Å²) in [5, 5.41) is 2.06. The van der Waals surface area contributed by atoms with Gasteiger partial charge in [-0.1, -0.05) is 12.1 Å². The quantitative estimate of drug-likeness (QED) is 0.631. The first-order valence-electron chi connectivity index (χ1n) is 3.80. The third-order valence-corrected chi connectivity index (χ3v) is 1.84.